The van der Waals surface area contributed by atoms with E-state index in [4.69, 9.17) is 23.2 Å². The number of amides is 2. The molecule has 0 aliphatic rings. The van der Waals surface area contributed by atoms with Gasteiger partial charge in [0.2, 0.25) is 0 Å². The highest BCUT2D eigenvalue weighted by molar-refractivity contribution is 7.93. The van der Waals surface area contributed by atoms with Crippen LogP contribution in [-0.2, 0) is 47.2 Å². The van der Waals surface area contributed by atoms with E-state index in [-0.39, 0.29) is 57.7 Å². The Bertz CT molecular complexity index is 2800. The normalized spacial score (nSPS) is 11.6. The molecule has 0 fully saturated rings. The Balaban J connectivity index is 0.000000238. The molecule has 334 valence electrons. The molecule has 0 unspecified atom stereocenters. The Labute approximate surface area is 375 Å². The van der Waals surface area contributed by atoms with E-state index in [9.17, 15) is 35.2 Å². The van der Waals surface area contributed by atoms with Gasteiger partial charge in [-0.05, 0) is 112 Å². The first-order chi connectivity index (χ1) is 29.6. The Morgan fingerprint density at radius 2 is 1.11 bits per heavy atom. The number of hydrogen-bond acceptors (Lipinski definition) is 8. The first-order valence-electron chi connectivity index (χ1n) is 19.3. The molecule has 2 amide bonds. The molecule has 0 aliphatic carbocycles. The number of aryl methyl sites for hydroxylation is 3. The summed E-state index contributed by atoms with van der Waals surface area (Å²) in [4.78, 5) is 29.1. The second kappa shape index (κ2) is 20.1. The number of benzene rings is 4. The molecule has 0 spiro atoms. The average molecular weight is 944 g/mol. The topological polar surface area (TPSA) is 169 Å². The number of carbonyl (C=O) groups excluding carboxylic acids is 2. The van der Waals surface area contributed by atoms with Crippen molar-refractivity contribution in [3.05, 3.63) is 153 Å². The summed E-state index contributed by atoms with van der Waals surface area (Å²) in [6.07, 6.45) is 2.79. The first-order valence-corrected chi connectivity index (χ1v) is 22.9. The van der Waals surface area contributed by atoms with Crippen LogP contribution in [0.4, 0.5) is 20.2 Å². The monoisotopic (exact) mass is 942 g/mol. The molecule has 0 aliphatic heterocycles. The Morgan fingerprint density at radius 1 is 0.683 bits per heavy atom. The van der Waals surface area contributed by atoms with Crippen molar-refractivity contribution in [2.24, 2.45) is 14.1 Å². The number of rotatable bonds is 14. The van der Waals surface area contributed by atoms with Gasteiger partial charge in [-0.2, -0.15) is 21.9 Å². The minimum absolute atomic E-state index is 0.0426. The molecule has 2 heterocycles. The van der Waals surface area contributed by atoms with Crippen molar-refractivity contribution in [1.29, 1.82) is 0 Å². The van der Waals surface area contributed by atoms with E-state index in [1.807, 2.05) is 0 Å². The van der Waals surface area contributed by atoms with E-state index < -0.39 is 43.5 Å². The number of nitrogens with zero attached hydrogens (tertiary/aromatic N) is 6. The van der Waals surface area contributed by atoms with Gasteiger partial charge in [0, 0.05) is 42.4 Å². The number of halogens is 4. The van der Waals surface area contributed by atoms with Gasteiger partial charge in [-0.3, -0.25) is 22.9 Å². The minimum atomic E-state index is -4.13. The third-order valence-corrected chi connectivity index (χ3v) is 13.3. The van der Waals surface area contributed by atoms with Gasteiger partial charge in [0.05, 0.1) is 41.8 Å². The molecule has 0 radical (unpaired) electrons. The molecule has 2 aromatic heterocycles. The summed E-state index contributed by atoms with van der Waals surface area (Å²) in [6.45, 7) is 8.57. The van der Waals surface area contributed by atoms with Gasteiger partial charge < -0.3 is 15.2 Å². The summed E-state index contributed by atoms with van der Waals surface area (Å²) < 4.78 is 87.9. The number of anilines is 2. The largest absolute Gasteiger partial charge is 0.350 e. The molecule has 0 saturated carbocycles. The molecule has 6 rings (SSSR count). The predicted octanol–water partition coefficient (Wildman–Crippen LogP) is 7.80. The molecule has 0 bridgehead atoms. The lowest BCUT2D eigenvalue weighted by Gasteiger charge is -2.25. The zero-order valence-electron chi connectivity index (χ0n) is 35.3. The fraction of sp³-hybridized carbons (Fsp3) is 0.256. The maximum absolute atomic E-state index is 14.4. The average Bonchev–Trinajstić information content (AvgIpc) is 3.82. The molecule has 14 nitrogen and oxygen atoms in total. The van der Waals surface area contributed by atoms with Gasteiger partial charge in [0.1, 0.15) is 17.5 Å². The highest BCUT2D eigenvalue weighted by Gasteiger charge is 2.31. The third-order valence-electron chi connectivity index (χ3n) is 9.25. The summed E-state index contributed by atoms with van der Waals surface area (Å²) in [5, 5.41) is 10.0. The Kier molecular flexibility index (Phi) is 15.4. The molecular formula is C43H46Cl2F2N8O6S2. The van der Waals surface area contributed by atoms with Gasteiger partial charge >= 0.3 is 0 Å². The number of carbonyl (C=O) groups is 2. The second-order valence-electron chi connectivity index (χ2n) is 14.9. The van der Waals surface area contributed by atoms with Crippen molar-refractivity contribution in [3.63, 3.8) is 0 Å². The fourth-order valence-corrected chi connectivity index (χ4v) is 9.27. The van der Waals surface area contributed by atoms with Crippen LogP contribution < -0.4 is 19.2 Å². The van der Waals surface area contributed by atoms with Crippen LogP contribution in [0.25, 0.3) is 0 Å². The number of aromatic nitrogens is 4. The van der Waals surface area contributed by atoms with E-state index in [0.717, 1.165) is 20.7 Å². The lowest BCUT2D eigenvalue weighted by atomic mass is 10.1. The number of imidazole rings is 1. The summed E-state index contributed by atoms with van der Waals surface area (Å²) in [5.74, 6) is -2.22. The third kappa shape index (κ3) is 11.8. The summed E-state index contributed by atoms with van der Waals surface area (Å²) in [7, 11) is -5.00. The van der Waals surface area contributed by atoms with Gasteiger partial charge in [-0.1, -0.05) is 47.5 Å². The summed E-state index contributed by atoms with van der Waals surface area (Å²) in [6, 6.07) is 21.6. The highest BCUT2D eigenvalue weighted by Crippen LogP contribution is 2.30. The van der Waals surface area contributed by atoms with E-state index >= 15 is 0 Å². The molecule has 4 aromatic carbocycles. The van der Waals surface area contributed by atoms with Gasteiger partial charge in [0.25, 0.3) is 31.9 Å². The van der Waals surface area contributed by atoms with Crippen LogP contribution in [0.5, 0.6) is 0 Å². The second-order valence-corrected chi connectivity index (χ2v) is 19.4. The van der Waals surface area contributed by atoms with Crippen LogP contribution >= 0.6 is 23.2 Å². The smallest absolute Gasteiger partial charge is 0.283 e. The summed E-state index contributed by atoms with van der Waals surface area (Å²) >= 11 is 11.9. The van der Waals surface area contributed by atoms with Crippen molar-refractivity contribution < 1.29 is 35.2 Å². The number of nitrogens with one attached hydrogen (secondary N) is 2. The molecular weight excluding hydrogens is 898 g/mol. The molecule has 0 saturated heterocycles. The lowest BCUT2D eigenvalue weighted by molar-refractivity contribution is 0.0930. The lowest BCUT2D eigenvalue weighted by Crippen LogP contribution is -2.33. The van der Waals surface area contributed by atoms with Crippen molar-refractivity contribution in [2.75, 3.05) is 8.61 Å². The van der Waals surface area contributed by atoms with Crippen molar-refractivity contribution >= 4 is 66.4 Å². The standard InChI is InChI=1S/C22H24ClFN4O3S.C21H22ClFN4O3S/c1-14(2)25-22(29)19-11-18(9-10-20(19)24)28(12-16-5-7-17(23)8-6-16)32(30,31)21-13-27(4)15(3)26-21;1-14(2)25-21(28)18-12-17(8-9-19(18)23)27(13-15-4-6-16(22)7-5-15)31(29,30)20-10-11-24-26(20)3/h5-11,13-14H,12H2,1-4H3,(H,25,29);4-12,14H,13H2,1-3H3,(H,25,28). The first kappa shape index (κ1) is 48.2. The van der Waals surface area contributed by atoms with E-state index in [0.29, 0.717) is 27.0 Å². The summed E-state index contributed by atoms with van der Waals surface area (Å²) in [5.41, 5.74) is 1.11. The van der Waals surface area contributed by atoms with Gasteiger partial charge in [0.15, 0.2) is 10.1 Å². The number of sulfonamides is 2. The van der Waals surface area contributed by atoms with Crippen LogP contribution in [-0.4, -0.2) is 60.1 Å². The zero-order valence-corrected chi connectivity index (χ0v) is 38.5. The molecule has 6 aromatic rings. The van der Waals surface area contributed by atoms with Gasteiger partial charge in [-0.25, -0.2) is 13.8 Å². The molecule has 2 N–H and O–H groups in total. The maximum Gasteiger partial charge on any atom is 0.283 e. The van der Waals surface area contributed by atoms with Crippen LogP contribution in [0.15, 0.2) is 113 Å². The fourth-order valence-electron chi connectivity index (χ4n) is 6.00. The zero-order chi connectivity index (χ0) is 46.4. The van der Waals surface area contributed by atoms with E-state index in [1.54, 1.807) is 94.8 Å². The SMILES string of the molecule is CC(C)NC(=O)c1cc(N(Cc2ccc(Cl)cc2)S(=O)(=O)c2ccnn2C)ccc1F.Cc1nc(S(=O)(=O)N(Cc2ccc(Cl)cc2)c2ccc(F)c(C(=O)NC(C)C)c2)cn1C. The molecule has 20 heteroatoms. The van der Waals surface area contributed by atoms with Crippen LogP contribution in [0.1, 0.15) is 65.4 Å². The molecule has 0 atom stereocenters. The van der Waals surface area contributed by atoms with Crippen LogP contribution in [0, 0.1) is 18.6 Å². The van der Waals surface area contributed by atoms with E-state index in [2.05, 4.69) is 20.7 Å². The predicted molar refractivity (Wildman–Crippen MR) is 239 cm³/mol. The van der Waals surface area contributed by atoms with Crippen molar-refractivity contribution in [2.45, 2.75) is 69.8 Å². The van der Waals surface area contributed by atoms with Crippen LogP contribution in [0.3, 0.4) is 0 Å². The van der Waals surface area contributed by atoms with Crippen LogP contribution in [0.2, 0.25) is 10.0 Å². The quantitative estimate of drug-likeness (QED) is 0.112. The van der Waals surface area contributed by atoms with Crippen molar-refractivity contribution in [3.8, 4) is 0 Å². The molecule has 63 heavy (non-hydrogen) atoms. The highest BCUT2D eigenvalue weighted by atomic mass is 35.5. The van der Waals surface area contributed by atoms with E-state index in [1.165, 1.54) is 54.5 Å². The Morgan fingerprint density at radius 3 is 1.48 bits per heavy atom. The minimum Gasteiger partial charge on any atom is -0.350 e. The number of hydrogen-bond donors (Lipinski definition) is 2. The maximum atomic E-state index is 14.4. The van der Waals surface area contributed by atoms with Gasteiger partial charge in [-0.15, -0.1) is 0 Å². The van der Waals surface area contributed by atoms with Crippen molar-refractivity contribution in [1.82, 2.24) is 30.0 Å². The Hall–Kier alpha value is -5.82.